The van der Waals surface area contributed by atoms with Gasteiger partial charge in [0.2, 0.25) is 0 Å². The van der Waals surface area contributed by atoms with Gasteiger partial charge in [0, 0.05) is 19.6 Å². The molecule has 4 N–H and O–H groups in total. The molecule has 0 saturated carbocycles. The number of amides is 3. The van der Waals surface area contributed by atoms with Gasteiger partial charge in [0.25, 0.3) is 16.1 Å². The van der Waals surface area contributed by atoms with Crippen molar-refractivity contribution in [2.24, 2.45) is 5.14 Å². The van der Waals surface area contributed by atoms with Crippen molar-refractivity contribution >= 4 is 32.5 Å². The fourth-order valence-corrected chi connectivity index (χ4v) is 4.46. The molecule has 3 atom stereocenters. The maximum Gasteiger partial charge on any atom is 0.418 e. The zero-order valence-corrected chi connectivity index (χ0v) is 15.6. The number of piperidine rings is 1. The first kappa shape index (κ1) is 20.2. The van der Waals surface area contributed by atoms with Gasteiger partial charge in [-0.2, -0.15) is 26.2 Å². The van der Waals surface area contributed by atoms with Crippen LogP contribution in [0.15, 0.2) is 0 Å². The van der Waals surface area contributed by atoms with Crippen LogP contribution in [-0.4, -0.2) is 85.4 Å². The predicted molar refractivity (Wildman–Crippen MR) is 85.7 cm³/mol. The van der Waals surface area contributed by atoms with E-state index in [2.05, 4.69) is 9.76 Å². The van der Waals surface area contributed by atoms with Crippen LogP contribution in [0.25, 0.3) is 0 Å². The number of carbonyl (C=O) groups excluding carboxylic acids is 2. The molecular weight excluding hydrogens is 410 g/mol. The zero-order valence-electron chi connectivity index (χ0n) is 13.9. The van der Waals surface area contributed by atoms with Crippen LogP contribution in [0.2, 0.25) is 0 Å². The minimum Gasteiger partial charge on any atom is -0.309 e. The molecule has 1 unspecified atom stereocenters. The second-order valence-corrected chi connectivity index (χ2v) is 8.96. The summed E-state index contributed by atoms with van der Waals surface area (Å²) in [5.74, 6) is -0.635. The summed E-state index contributed by atoms with van der Waals surface area (Å²) >= 11 is 0. The third-order valence-electron chi connectivity index (χ3n) is 4.59. The first-order chi connectivity index (χ1) is 12.5. The zero-order chi connectivity index (χ0) is 20.0. The number of hydrogen-bond donors (Lipinski definition) is 3. The van der Waals surface area contributed by atoms with Gasteiger partial charge in [-0.15, -0.1) is 4.28 Å². The molecule has 14 nitrogen and oxygen atoms in total. The highest BCUT2D eigenvalue weighted by Gasteiger charge is 2.49. The van der Waals surface area contributed by atoms with Crippen LogP contribution in [0.3, 0.4) is 0 Å². The Kier molecular flexibility index (Phi) is 5.32. The number of nitrogens with one attached hydrogen (secondary N) is 1. The summed E-state index contributed by atoms with van der Waals surface area (Å²) in [5, 5.41) is 5.55. The fraction of sp³-hybridized carbons (Fsp3) is 0.818. The Bertz CT molecular complexity index is 831. The highest BCUT2D eigenvalue weighted by Crippen LogP contribution is 2.30. The summed E-state index contributed by atoms with van der Waals surface area (Å²) in [6.07, 6.45) is 0.253. The number of hydrogen-bond acceptors (Lipinski definition) is 8. The normalized spacial score (nSPS) is 29.4. The second-order valence-electron chi connectivity index (χ2n) is 6.41. The van der Waals surface area contributed by atoms with Gasteiger partial charge in [-0.25, -0.2) is 15.4 Å². The van der Waals surface area contributed by atoms with E-state index in [9.17, 15) is 26.4 Å². The number of rotatable bonds is 6. The van der Waals surface area contributed by atoms with E-state index in [-0.39, 0.29) is 32.5 Å². The molecule has 27 heavy (non-hydrogen) atoms. The summed E-state index contributed by atoms with van der Waals surface area (Å²) in [4.78, 5) is 30.9. The molecule has 3 amide bonds. The number of nitrogens with zero attached hydrogens (tertiary/aromatic N) is 3. The molecular formula is C11H19N5O9S2. The summed E-state index contributed by atoms with van der Waals surface area (Å²) < 4.78 is 58.3. The molecule has 2 bridgehead atoms. The summed E-state index contributed by atoms with van der Waals surface area (Å²) in [6, 6.07) is -2.39. The average Bonchev–Trinajstić information content (AvgIpc) is 3.12. The lowest BCUT2D eigenvalue weighted by molar-refractivity contribution is -0.143. The number of nitrogens with two attached hydrogens (primary N) is 1. The van der Waals surface area contributed by atoms with Crippen molar-refractivity contribution in [1.29, 1.82) is 0 Å². The first-order valence-corrected chi connectivity index (χ1v) is 10.8. The largest absolute Gasteiger partial charge is 0.418 e. The van der Waals surface area contributed by atoms with Crippen molar-refractivity contribution in [2.75, 3.05) is 19.6 Å². The van der Waals surface area contributed by atoms with Crippen LogP contribution in [-0.2, 0) is 34.5 Å². The van der Waals surface area contributed by atoms with Crippen molar-refractivity contribution < 1.29 is 40.1 Å². The summed E-state index contributed by atoms with van der Waals surface area (Å²) in [7, 11) is -8.70. The highest BCUT2D eigenvalue weighted by atomic mass is 32.3. The van der Waals surface area contributed by atoms with Gasteiger partial charge in [0.15, 0.2) is 0 Å². The van der Waals surface area contributed by atoms with Gasteiger partial charge < -0.3 is 4.90 Å². The van der Waals surface area contributed by atoms with E-state index < -0.39 is 50.7 Å². The standard InChI is InChI=1S/C11H19N5O9S2/c12-26(19,20)14-4-3-8(6-14)24-13-10(17)9-2-1-7-5-15(9)11(18)16(7)25-27(21,22)23/h7-9H,1-6H2,(H,13,17)(H2,12,19,20)(H,21,22,23)/t7-,8?,9+/m1/s1. The van der Waals surface area contributed by atoms with Crippen molar-refractivity contribution in [2.45, 2.75) is 37.5 Å². The van der Waals surface area contributed by atoms with Gasteiger partial charge >= 0.3 is 16.4 Å². The molecule has 154 valence electrons. The quantitative estimate of drug-likeness (QED) is 0.298. The van der Waals surface area contributed by atoms with Crippen LogP contribution < -0.4 is 10.6 Å². The van der Waals surface area contributed by atoms with Gasteiger partial charge in [0.1, 0.15) is 12.1 Å². The fourth-order valence-electron chi connectivity index (χ4n) is 3.34. The molecule has 0 aromatic carbocycles. The topological polar surface area (TPSA) is 189 Å². The van der Waals surface area contributed by atoms with Crippen molar-refractivity contribution in [1.82, 2.24) is 19.7 Å². The molecule has 0 aromatic heterocycles. The van der Waals surface area contributed by atoms with Crippen molar-refractivity contribution in [3.05, 3.63) is 0 Å². The molecule has 3 rings (SSSR count). The molecule has 3 heterocycles. The van der Waals surface area contributed by atoms with E-state index in [1.54, 1.807) is 0 Å². The second kappa shape index (κ2) is 7.12. The Labute approximate surface area is 155 Å². The number of urea groups is 1. The maximum atomic E-state index is 12.3. The Morgan fingerprint density at radius 3 is 2.48 bits per heavy atom. The molecule has 16 heteroatoms. The Balaban J connectivity index is 1.55. The minimum absolute atomic E-state index is 0.00945. The van der Waals surface area contributed by atoms with Crippen LogP contribution in [0.1, 0.15) is 19.3 Å². The summed E-state index contributed by atoms with van der Waals surface area (Å²) in [5.41, 5.74) is 2.21. The lowest BCUT2D eigenvalue weighted by atomic mass is 10.0. The molecule has 0 radical (unpaired) electrons. The maximum absolute atomic E-state index is 12.3. The molecule has 0 spiro atoms. The van der Waals surface area contributed by atoms with Crippen molar-refractivity contribution in [3.8, 4) is 0 Å². The monoisotopic (exact) mass is 429 g/mol. The van der Waals surface area contributed by atoms with Gasteiger partial charge in [-0.1, -0.05) is 0 Å². The third kappa shape index (κ3) is 4.48. The average molecular weight is 429 g/mol. The van der Waals surface area contributed by atoms with E-state index >= 15 is 0 Å². The number of carbonyl (C=O) groups is 2. The number of fused-ring (bicyclic) bond motifs is 2. The van der Waals surface area contributed by atoms with E-state index in [1.807, 2.05) is 0 Å². The molecule has 3 fully saturated rings. The lowest BCUT2D eigenvalue weighted by Gasteiger charge is -2.29. The lowest BCUT2D eigenvalue weighted by Crippen LogP contribution is -2.50. The smallest absolute Gasteiger partial charge is 0.309 e. The Hall–Kier alpha value is -1.56. The van der Waals surface area contributed by atoms with Crippen LogP contribution >= 0.6 is 0 Å². The number of hydroxylamine groups is 3. The highest BCUT2D eigenvalue weighted by molar-refractivity contribution is 7.86. The van der Waals surface area contributed by atoms with Gasteiger partial charge in [-0.3, -0.25) is 14.2 Å². The van der Waals surface area contributed by atoms with Gasteiger partial charge in [0.05, 0.1) is 6.04 Å². The Morgan fingerprint density at radius 2 is 1.89 bits per heavy atom. The molecule has 3 aliphatic heterocycles. The molecule has 0 aliphatic carbocycles. The van der Waals surface area contributed by atoms with E-state index in [4.69, 9.17) is 14.5 Å². The van der Waals surface area contributed by atoms with Crippen LogP contribution in [0.4, 0.5) is 4.79 Å². The molecule has 0 aromatic rings. The van der Waals surface area contributed by atoms with E-state index in [1.165, 1.54) is 0 Å². The molecule has 3 saturated heterocycles. The predicted octanol–water partition coefficient (Wildman–Crippen LogP) is -2.68. The summed E-state index contributed by atoms with van der Waals surface area (Å²) in [6.45, 7) is 0.205. The van der Waals surface area contributed by atoms with Crippen LogP contribution in [0.5, 0.6) is 0 Å². The molecule has 3 aliphatic rings. The Morgan fingerprint density at radius 1 is 1.19 bits per heavy atom. The first-order valence-electron chi connectivity index (χ1n) is 7.96. The third-order valence-corrected chi connectivity index (χ3v) is 5.99. The van der Waals surface area contributed by atoms with Crippen molar-refractivity contribution in [3.63, 3.8) is 0 Å². The van der Waals surface area contributed by atoms with Crippen LogP contribution in [0, 0.1) is 0 Å². The SMILES string of the molecule is NS(=O)(=O)N1CCC(ONC(=O)[C@@H]2CC[C@@H]3CN2C(=O)N3OS(=O)(=O)O)C1. The van der Waals surface area contributed by atoms with Gasteiger partial charge in [-0.05, 0) is 19.3 Å². The minimum atomic E-state index is -4.87. The van der Waals surface area contributed by atoms with E-state index in [0.717, 1.165) is 9.21 Å². The van der Waals surface area contributed by atoms with E-state index in [0.29, 0.717) is 11.5 Å².